The van der Waals surface area contributed by atoms with Gasteiger partial charge in [-0.15, -0.1) is 0 Å². The Morgan fingerprint density at radius 3 is 2.60 bits per heavy atom. The average Bonchev–Trinajstić information content (AvgIpc) is 3.18. The molecule has 2 aromatic carbocycles. The number of anilines is 1. The fourth-order valence-corrected chi connectivity index (χ4v) is 4.14. The smallest absolute Gasteiger partial charge is 0.298 e. The van der Waals surface area contributed by atoms with Crippen molar-refractivity contribution in [2.45, 2.75) is 26.3 Å². The molecular formula is C24H29N5O5S. The highest BCUT2D eigenvalue weighted by atomic mass is 32.2. The Bertz CT molecular complexity index is 1360. The number of benzene rings is 2. The van der Waals surface area contributed by atoms with Crippen LogP contribution in [0.15, 0.2) is 64.9 Å². The third kappa shape index (κ3) is 6.00. The molecule has 0 aliphatic rings. The number of furan rings is 1. The van der Waals surface area contributed by atoms with Gasteiger partial charge in [0.1, 0.15) is 18.2 Å². The largest absolute Gasteiger partial charge is 0.464 e. The van der Waals surface area contributed by atoms with Gasteiger partial charge >= 0.3 is 0 Å². The number of aryl methyl sites for hydroxylation is 2. The molecular weight excluding hydrogens is 470 g/mol. The number of carbonyl (C=O) groups is 1. The van der Waals surface area contributed by atoms with Gasteiger partial charge in [-0.1, -0.05) is 24.7 Å². The summed E-state index contributed by atoms with van der Waals surface area (Å²) in [7, 11) is -2.59. The van der Waals surface area contributed by atoms with E-state index in [0.29, 0.717) is 23.2 Å². The number of nitrogens with one attached hydrogen (secondary N) is 1. The van der Waals surface area contributed by atoms with Crippen molar-refractivity contribution in [3.05, 3.63) is 77.6 Å². The minimum Gasteiger partial charge on any atom is -0.464 e. The van der Waals surface area contributed by atoms with Crippen LogP contribution >= 0.6 is 0 Å². The van der Waals surface area contributed by atoms with Crippen LogP contribution in [0.25, 0.3) is 11.0 Å². The molecule has 35 heavy (non-hydrogen) atoms. The second-order valence-electron chi connectivity index (χ2n) is 7.96. The van der Waals surface area contributed by atoms with Gasteiger partial charge in [0.2, 0.25) is 0 Å². The van der Waals surface area contributed by atoms with E-state index in [-0.39, 0.29) is 12.4 Å². The van der Waals surface area contributed by atoms with Crippen LogP contribution in [-0.4, -0.2) is 33.8 Å². The molecule has 0 aliphatic carbocycles. The molecule has 0 radical (unpaired) electrons. The Morgan fingerprint density at radius 2 is 2.00 bits per heavy atom. The molecule has 5 N–H and O–H groups in total. The number of amides is 1. The Labute approximate surface area is 204 Å². The lowest BCUT2D eigenvalue weighted by Crippen LogP contribution is -2.44. The first-order chi connectivity index (χ1) is 16.6. The second kappa shape index (κ2) is 10.6. The van der Waals surface area contributed by atoms with Crippen LogP contribution in [0, 0.1) is 6.92 Å². The number of hydrogen-bond donors (Lipinski definition) is 3. The van der Waals surface area contributed by atoms with Gasteiger partial charge in [-0.05, 0) is 66.4 Å². The third-order valence-electron chi connectivity index (χ3n) is 5.47. The molecule has 186 valence electrons. The molecule has 10 nitrogen and oxygen atoms in total. The Hall–Kier alpha value is -3.83. The van der Waals surface area contributed by atoms with Crippen LogP contribution in [0.5, 0.6) is 0 Å². The van der Waals surface area contributed by atoms with Crippen molar-refractivity contribution in [3.8, 4) is 0 Å². The van der Waals surface area contributed by atoms with Crippen molar-refractivity contribution in [2.24, 2.45) is 16.0 Å². The van der Waals surface area contributed by atoms with Crippen LogP contribution in [0.4, 0.5) is 5.69 Å². The Balaban J connectivity index is 2.04. The van der Waals surface area contributed by atoms with Gasteiger partial charge in [0.15, 0.2) is 5.84 Å². The van der Waals surface area contributed by atoms with E-state index < -0.39 is 22.2 Å². The predicted octanol–water partition coefficient (Wildman–Crippen LogP) is 2.62. The first-order valence-electron chi connectivity index (χ1n) is 10.8. The average molecular weight is 500 g/mol. The molecule has 11 heteroatoms. The summed E-state index contributed by atoms with van der Waals surface area (Å²) in [5, 5.41) is 9.77. The molecule has 0 spiro atoms. The lowest BCUT2D eigenvalue weighted by molar-refractivity contribution is -0.120. The number of carbonyl (C=O) groups excluding carboxylic acids is 1. The highest BCUT2D eigenvalue weighted by molar-refractivity contribution is 7.87. The minimum absolute atomic E-state index is 0.179. The molecule has 0 fully saturated rings. The predicted molar refractivity (Wildman–Crippen MR) is 136 cm³/mol. The van der Waals surface area contributed by atoms with Gasteiger partial charge in [0.25, 0.3) is 16.1 Å². The number of rotatable bonds is 10. The maximum absolute atomic E-state index is 13.2. The number of nitrogens with two attached hydrogens (primary N) is 2. The Morgan fingerprint density at radius 1 is 1.31 bits per heavy atom. The van der Waals surface area contributed by atoms with Crippen molar-refractivity contribution >= 4 is 38.6 Å². The van der Waals surface area contributed by atoms with Crippen molar-refractivity contribution in [1.29, 1.82) is 0 Å². The molecule has 0 aliphatic heterocycles. The normalized spacial score (nSPS) is 12.9. The zero-order valence-corrected chi connectivity index (χ0v) is 20.6. The number of amidine groups is 1. The standard InChI is InChI=1S/C24H29N5O5S/c1-5-11-34-27-23(25)17-7-9-19(10-8-17)29(4)21(24(30)28-35(26,31)32)18-12-16(6-2)22-20(13-18)15(3)14-33-22/h5,7-10,12-14,21H,1,6,11H2,2-4H3,(H2,25,27)(H,28,30)(H2,26,31,32). The molecule has 0 bridgehead atoms. The minimum atomic E-state index is -4.27. The second-order valence-corrected chi connectivity index (χ2v) is 9.26. The lowest BCUT2D eigenvalue weighted by atomic mass is 9.97. The number of nitrogens with zero attached hydrogens (tertiary/aromatic N) is 2. The van der Waals surface area contributed by atoms with E-state index in [4.69, 9.17) is 20.1 Å². The summed E-state index contributed by atoms with van der Waals surface area (Å²) in [4.78, 5) is 19.8. The molecule has 1 atom stereocenters. The first-order valence-corrected chi connectivity index (χ1v) is 12.3. The summed E-state index contributed by atoms with van der Waals surface area (Å²) >= 11 is 0. The van der Waals surface area contributed by atoms with E-state index in [0.717, 1.165) is 22.1 Å². The van der Waals surface area contributed by atoms with Gasteiger partial charge in [0, 0.05) is 23.7 Å². The zero-order chi connectivity index (χ0) is 25.8. The molecule has 0 saturated heterocycles. The SMILES string of the molecule is C=CCO/N=C(/N)c1ccc(N(C)C(C(=O)NS(N)(=O)=O)c2cc(CC)c3occ(C)c3c2)cc1. The quantitative estimate of drug-likeness (QED) is 0.127. The molecule has 0 saturated carbocycles. The number of hydrogen-bond acceptors (Lipinski definition) is 7. The molecule has 3 aromatic rings. The van der Waals surface area contributed by atoms with Crippen molar-refractivity contribution < 1.29 is 22.5 Å². The summed E-state index contributed by atoms with van der Waals surface area (Å²) < 4.78 is 31.0. The molecule has 1 unspecified atom stereocenters. The lowest BCUT2D eigenvalue weighted by Gasteiger charge is -2.29. The fourth-order valence-electron chi connectivity index (χ4n) is 3.75. The zero-order valence-electron chi connectivity index (χ0n) is 19.8. The monoisotopic (exact) mass is 499 g/mol. The van der Waals surface area contributed by atoms with Gasteiger partial charge in [-0.3, -0.25) is 4.79 Å². The van der Waals surface area contributed by atoms with E-state index in [1.54, 1.807) is 48.6 Å². The van der Waals surface area contributed by atoms with Crippen LogP contribution in [0.1, 0.15) is 35.2 Å². The van der Waals surface area contributed by atoms with Gasteiger partial charge in [-0.25, -0.2) is 9.86 Å². The van der Waals surface area contributed by atoms with E-state index in [1.807, 2.05) is 30.7 Å². The van der Waals surface area contributed by atoms with Crippen LogP contribution in [0.3, 0.4) is 0 Å². The molecule has 1 amide bonds. The van der Waals surface area contributed by atoms with Crippen LogP contribution < -0.4 is 20.5 Å². The van der Waals surface area contributed by atoms with E-state index in [2.05, 4.69) is 11.7 Å². The summed E-state index contributed by atoms with van der Waals surface area (Å²) in [6.45, 7) is 7.65. The van der Waals surface area contributed by atoms with Gasteiger partial charge in [-0.2, -0.15) is 8.42 Å². The van der Waals surface area contributed by atoms with Crippen molar-refractivity contribution in [1.82, 2.24) is 4.72 Å². The van der Waals surface area contributed by atoms with E-state index in [1.165, 1.54) is 0 Å². The summed E-state index contributed by atoms with van der Waals surface area (Å²) in [5.74, 6) is -0.612. The van der Waals surface area contributed by atoms with E-state index in [9.17, 15) is 13.2 Å². The van der Waals surface area contributed by atoms with Crippen molar-refractivity contribution in [3.63, 3.8) is 0 Å². The summed E-state index contributed by atoms with van der Waals surface area (Å²) in [6, 6.07) is 9.58. The van der Waals surface area contributed by atoms with Gasteiger partial charge in [0.05, 0.1) is 6.26 Å². The molecule has 1 aromatic heterocycles. The summed E-state index contributed by atoms with van der Waals surface area (Å²) in [5.41, 5.74) is 10.3. The number of fused-ring (bicyclic) bond motifs is 1. The first kappa shape index (κ1) is 25.8. The highest BCUT2D eigenvalue weighted by Gasteiger charge is 2.29. The third-order valence-corrected chi connectivity index (χ3v) is 5.95. The fraction of sp³-hybridized carbons (Fsp3) is 0.250. The van der Waals surface area contributed by atoms with Crippen LogP contribution in [0.2, 0.25) is 0 Å². The van der Waals surface area contributed by atoms with Gasteiger partial charge < -0.3 is 19.9 Å². The molecule has 1 heterocycles. The van der Waals surface area contributed by atoms with Crippen LogP contribution in [-0.2, 0) is 26.3 Å². The Kier molecular flexibility index (Phi) is 7.82. The number of oxime groups is 1. The number of likely N-dealkylation sites (N-methyl/N-ethyl adjacent to an activating group) is 1. The topological polar surface area (TPSA) is 153 Å². The van der Waals surface area contributed by atoms with E-state index >= 15 is 0 Å². The summed E-state index contributed by atoms with van der Waals surface area (Å²) in [6.07, 6.45) is 3.86. The van der Waals surface area contributed by atoms with Crippen molar-refractivity contribution in [2.75, 3.05) is 18.6 Å². The molecule has 3 rings (SSSR count). The highest BCUT2D eigenvalue weighted by Crippen LogP contribution is 2.33. The maximum atomic E-state index is 13.2. The maximum Gasteiger partial charge on any atom is 0.298 e.